The van der Waals surface area contributed by atoms with E-state index in [1.54, 1.807) is 0 Å². The van der Waals surface area contributed by atoms with E-state index in [0.717, 1.165) is 12.8 Å². The van der Waals surface area contributed by atoms with Crippen molar-refractivity contribution in [3.8, 4) is 0 Å². The molecule has 4 heteroatoms. The van der Waals surface area contributed by atoms with Gasteiger partial charge in [-0.3, -0.25) is 4.79 Å². The van der Waals surface area contributed by atoms with Gasteiger partial charge in [0, 0.05) is 0 Å². The largest absolute Gasteiger partial charge is 0.480 e. The number of hydrogen-bond donors (Lipinski definition) is 2. The summed E-state index contributed by atoms with van der Waals surface area (Å²) in [5, 5.41) is 8.73. The Bertz CT molecular complexity index is 176. The molecule has 16 heavy (non-hydrogen) atoms. The van der Waals surface area contributed by atoms with Crippen LogP contribution in [0.5, 0.6) is 0 Å². The van der Waals surface area contributed by atoms with Crippen LogP contribution < -0.4 is 4.84 Å². The van der Waals surface area contributed by atoms with E-state index in [9.17, 15) is 4.79 Å². The molecule has 96 valence electrons. The molecule has 0 spiro atoms. The summed E-state index contributed by atoms with van der Waals surface area (Å²) in [6.07, 6.45) is 10.4. The van der Waals surface area contributed by atoms with E-state index in [0.29, 0.717) is 6.42 Å². The van der Waals surface area contributed by atoms with E-state index in [1.807, 2.05) is 0 Å². The Labute approximate surface area is 104 Å². The van der Waals surface area contributed by atoms with Crippen molar-refractivity contribution in [3.63, 3.8) is 0 Å². The van der Waals surface area contributed by atoms with Crippen molar-refractivity contribution in [2.45, 2.75) is 70.8 Å². The number of hydrogen-bond acceptors (Lipinski definition) is 2. The van der Waals surface area contributed by atoms with Crippen LogP contribution in [0.15, 0.2) is 0 Å². The van der Waals surface area contributed by atoms with E-state index < -0.39 is 12.0 Å². The molecule has 1 unspecified atom stereocenters. The van der Waals surface area contributed by atoms with Crippen molar-refractivity contribution >= 4 is 17.7 Å². The molecule has 0 bridgehead atoms. The fourth-order valence-corrected chi connectivity index (χ4v) is 1.91. The second-order valence-corrected chi connectivity index (χ2v) is 4.48. The lowest BCUT2D eigenvalue weighted by molar-refractivity contribution is -0.139. The van der Waals surface area contributed by atoms with E-state index in [1.165, 1.54) is 38.5 Å². The van der Waals surface area contributed by atoms with Gasteiger partial charge in [0.15, 0.2) is 0 Å². The number of carbonyl (C=O) groups is 1. The van der Waals surface area contributed by atoms with Crippen LogP contribution >= 0.6 is 11.8 Å². The van der Waals surface area contributed by atoms with E-state index in [2.05, 4.69) is 11.8 Å². The van der Waals surface area contributed by atoms with Crippen molar-refractivity contribution < 1.29 is 9.90 Å². The van der Waals surface area contributed by atoms with Crippen molar-refractivity contribution in [1.29, 1.82) is 0 Å². The topological polar surface area (TPSA) is 49.3 Å². The Morgan fingerprint density at radius 3 is 2.06 bits per heavy atom. The van der Waals surface area contributed by atoms with Crippen LogP contribution in [0.3, 0.4) is 0 Å². The molecule has 0 fully saturated rings. The van der Waals surface area contributed by atoms with Gasteiger partial charge in [-0.25, -0.2) is 4.84 Å². The Balaban J connectivity index is 3.22. The Morgan fingerprint density at radius 1 is 1.12 bits per heavy atom. The molecule has 1 atom stereocenters. The predicted molar refractivity (Wildman–Crippen MR) is 67.6 cm³/mol. The van der Waals surface area contributed by atoms with Gasteiger partial charge in [0.1, 0.15) is 6.04 Å². The molecule has 0 aliphatic rings. The van der Waals surface area contributed by atoms with Gasteiger partial charge in [-0.1, -0.05) is 58.3 Å². The normalized spacial score (nSPS) is 12.6. The molecular weight excluding hydrogens is 226 g/mol. The molecule has 0 saturated carbocycles. The van der Waals surface area contributed by atoms with Gasteiger partial charge in [-0.05, 0) is 18.2 Å². The summed E-state index contributed by atoms with van der Waals surface area (Å²) in [7, 11) is 0. The van der Waals surface area contributed by atoms with E-state index in [-0.39, 0.29) is 0 Å². The molecule has 0 aromatic heterocycles. The van der Waals surface area contributed by atoms with Crippen molar-refractivity contribution in [3.05, 3.63) is 0 Å². The maximum absolute atomic E-state index is 10.6. The first-order chi connectivity index (χ1) is 7.72. The molecule has 0 rings (SSSR count). The number of aliphatic carboxylic acids is 1. The summed E-state index contributed by atoms with van der Waals surface area (Å²) in [5.41, 5.74) is 0. The Kier molecular flexibility index (Phi) is 11.0. The summed E-state index contributed by atoms with van der Waals surface area (Å²) in [6, 6.07) is -0.596. The number of halogens is 1. The summed E-state index contributed by atoms with van der Waals surface area (Å²) in [4.78, 5) is 12.9. The highest BCUT2D eigenvalue weighted by Gasteiger charge is 2.14. The lowest BCUT2D eigenvalue weighted by Gasteiger charge is -2.08. The van der Waals surface area contributed by atoms with Crippen molar-refractivity contribution in [2.75, 3.05) is 0 Å². The van der Waals surface area contributed by atoms with Gasteiger partial charge in [-0.2, -0.15) is 0 Å². The minimum absolute atomic E-state index is 0.596. The summed E-state index contributed by atoms with van der Waals surface area (Å²) in [6.45, 7) is 2.21. The average molecular weight is 250 g/mol. The predicted octanol–water partition coefficient (Wildman–Crippen LogP) is 3.71. The van der Waals surface area contributed by atoms with Crippen LogP contribution in [0.2, 0.25) is 0 Å². The van der Waals surface area contributed by atoms with Crippen LogP contribution in [0.25, 0.3) is 0 Å². The van der Waals surface area contributed by atoms with Crippen molar-refractivity contribution in [2.24, 2.45) is 0 Å². The summed E-state index contributed by atoms with van der Waals surface area (Å²) >= 11 is 5.33. The van der Waals surface area contributed by atoms with Gasteiger partial charge in [-0.15, -0.1) is 0 Å². The molecule has 3 nitrogen and oxygen atoms in total. The van der Waals surface area contributed by atoms with E-state index >= 15 is 0 Å². The molecule has 0 aliphatic carbocycles. The highest BCUT2D eigenvalue weighted by molar-refractivity contribution is 6.14. The molecule has 0 aromatic carbocycles. The van der Waals surface area contributed by atoms with Crippen LogP contribution in [-0.2, 0) is 4.79 Å². The first-order valence-electron chi connectivity index (χ1n) is 6.31. The highest BCUT2D eigenvalue weighted by Crippen LogP contribution is 2.10. The molecule has 0 heterocycles. The molecule has 0 saturated heterocycles. The van der Waals surface area contributed by atoms with Crippen LogP contribution in [0, 0.1) is 0 Å². The zero-order chi connectivity index (χ0) is 12.2. The number of carboxylic acids is 1. The van der Waals surface area contributed by atoms with Gasteiger partial charge in [0.2, 0.25) is 0 Å². The van der Waals surface area contributed by atoms with Crippen LogP contribution in [-0.4, -0.2) is 17.1 Å². The quantitative estimate of drug-likeness (QED) is 0.434. The van der Waals surface area contributed by atoms with E-state index in [4.69, 9.17) is 16.9 Å². The minimum atomic E-state index is -0.863. The minimum Gasteiger partial charge on any atom is -0.480 e. The molecule has 0 aromatic rings. The molecule has 0 aliphatic heterocycles. The monoisotopic (exact) mass is 249 g/mol. The zero-order valence-corrected chi connectivity index (χ0v) is 10.9. The van der Waals surface area contributed by atoms with Crippen LogP contribution in [0.1, 0.15) is 64.7 Å². The molecule has 0 amide bonds. The third kappa shape index (κ3) is 8.98. The standard InChI is InChI=1S/C12H24ClNO2/c1-2-3-4-5-6-7-8-9-10-11(14-13)12(15)16/h11,14H,2-10H2,1H3,(H,15,16). The van der Waals surface area contributed by atoms with Gasteiger partial charge < -0.3 is 5.11 Å². The Morgan fingerprint density at radius 2 is 1.62 bits per heavy atom. The number of unbranched alkanes of at least 4 members (excludes halogenated alkanes) is 7. The van der Waals surface area contributed by atoms with Gasteiger partial charge in [0.25, 0.3) is 0 Å². The fraction of sp³-hybridized carbons (Fsp3) is 0.917. The molecule has 2 N–H and O–H groups in total. The third-order valence-corrected chi connectivity index (χ3v) is 3.04. The maximum atomic E-state index is 10.6. The number of nitrogens with one attached hydrogen (secondary N) is 1. The second kappa shape index (κ2) is 11.2. The molecule has 0 radical (unpaired) electrons. The number of carboxylic acid groups (broad SMARTS) is 1. The lowest BCUT2D eigenvalue weighted by Crippen LogP contribution is -2.30. The third-order valence-electron chi connectivity index (χ3n) is 2.78. The second-order valence-electron chi connectivity index (χ2n) is 4.26. The lowest BCUT2D eigenvalue weighted by atomic mass is 10.1. The maximum Gasteiger partial charge on any atom is 0.321 e. The van der Waals surface area contributed by atoms with Gasteiger partial charge in [0.05, 0.1) is 0 Å². The Hall–Kier alpha value is -0.280. The fourth-order valence-electron chi connectivity index (χ4n) is 1.71. The van der Waals surface area contributed by atoms with Crippen LogP contribution in [0.4, 0.5) is 0 Å². The first-order valence-corrected chi connectivity index (χ1v) is 6.69. The van der Waals surface area contributed by atoms with Crippen molar-refractivity contribution in [1.82, 2.24) is 4.84 Å². The smallest absolute Gasteiger partial charge is 0.321 e. The summed E-state index contributed by atoms with van der Waals surface area (Å²) < 4.78 is 0. The average Bonchev–Trinajstić information content (AvgIpc) is 2.26. The first kappa shape index (κ1) is 15.7. The van der Waals surface area contributed by atoms with Gasteiger partial charge >= 0.3 is 5.97 Å². The summed E-state index contributed by atoms with van der Waals surface area (Å²) in [5.74, 6) is -0.863. The SMILES string of the molecule is CCCCCCCCCCC(NCl)C(=O)O. The number of rotatable bonds is 11. The highest BCUT2D eigenvalue weighted by atomic mass is 35.5. The zero-order valence-electron chi connectivity index (χ0n) is 10.2. The molecular formula is C12H24ClNO2.